The quantitative estimate of drug-likeness (QED) is 0.555. The van der Waals surface area contributed by atoms with Crippen molar-refractivity contribution in [3.05, 3.63) is 47.3 Å². The van der Waals surface area contributed by atoms with Crippen LogP contribution in [0.4, 0.5) is 0 Å². The lowest BCUT2D eigenvalue weighted by Gasteiger charge is -2.34. The topological polar surface area (TPSA) is 73.2 Å². The second-order valence-electron chi connectivity index (χ2n) is 7.84. The summed E-state index contributed by atoms with van der Waals surface area (Å²) in [6.45, 7) is 10.5. The van der Waals surface area contributed by atoms with Gasteiger partial charge in [-0.25, -0.2) is 4.79 Å². The fraction of sp³-hybridized carbons (Fsp3) is 0.500. The molecule has 32 heavy (non-hydrogen) atoms. The van der Waals surface area contributed by atoms with Crippen LogP contribution >= 0.6 is 0 Å². The van der Waals surface area contributed by atoms with E-state index in [1.165, 1.54) is 0 Å². The Balaban J connectivity index is 1.45. The van der Waals surface area contributed by atoms with E-state index in [-0.39, 0.29) is 18.4 Å². The van der Waals surface area contributed by atoms with Crippen LogP contribution in [0.5, 0.6) is 11.5 Å². The van der Waals surface area contributed by atoms with E-state index in [0.29, 0.717) is 31.9 Å². The van der Waals surface area contributed by atoms with Crippen LogP contribution in [0.15, 0.2) is 30.3 Å². The third-order valence-corrected chi connectivity index (χ3v) is 5.82. The van der Waals surface area contributed by atoms with Crippen LogP contribution in [0.3, 0.4) is 0 Å². The first-order chi connectivity index (χ1) is 15.4. The summed E-state index contributed by atoms with van der Waals surface area (Å²) in [6.07, 6.45) is 0. The number of ether oxygens (including phenoxy) is 3. The van der Waals surface area contributed by atoms with Gasteiger partial charge < -0.3 is 23.7 Å². The zero-order valence-corrected chi connectivity index (χ0v) is 19.4. The van der Waals surface area contributed by atoms with E-state index in [2.05, 4.69) is 4.90 Å². The number of nitrogens with zero attached hydrogens (tertiary/aromatic N) is 3. The number of piperazine rings is 1. The molecule has 0 radical (unpaired) electrons. The number of hydrogen-bond acceptors (Lipinski definition) is 6. The van der Waals surface area contributed by atoms with Crippen molar-refractivity contribution in [1.29, 1.82) is 0 Å². The number of benzene rings is 1. The number of hydrogen-bond donors (Lipinski definition) is 0. The SMILES string of the molecule is CCOC(=O)c1cc(C)n(CC(=O)N2CCN(CCOc3ccc(OC)cc3)CC2)c1C. The molecule has 2 aromatic rings. The lowest BCUT2D eigenvalue weighted by molar-refractivity contribution is -0.133. The number of amides is 1. The Labute approximate surface area is 189 Å². The number of aryl methyl sites for hydroxylation is 1. The van der Waals surface area contributed by atoms with Gasteiger partial charge in [0, 0.05) is 44.1 Å². The lowest BCUT2D eigenvalue weighted by atomic mass is 10.2. The Morgan fingerprint density at radius 2 is 1.66 bits per heavy atom. The number of carbonyl (C=O) groups excluding carboxylic acids is 2. The van der Waals surface area contributed by atoms with Gasteiger partial charge in [-0.15, -0.1) is 0 Å². The molecule has 8 heteroatoms. The van der Waals surface area contributed by atoms with E-state index in [1.807, 2.05) is 47.6 Å². The first-order valence-electron chi connectivity index (χ1n) is 11.0. The summed E-state index contributed by atoms with van der Waals surface area (Å²) < 4.78 is 18.0. The molecule has 174 valence electrons. The Kier molecular flexibility index (Phi) is 8.16. The summed E-state index contributed by atoms with van der Waals surface area (Å²) in [6, 6.07) is 9.34. The van der Waals surface area contributed by atoms with Crippen LogP contribution < -0.4 is 9.47 Å². The second-order valence-corrected chi connectivity index (χ2v) is 7.84. The highest BCUT2D eigenvalue weighted by Crippen LogP contribution is 2.18. The van der Waals surface area contributed by atoms with Gasteiger partial charge in [0.2, 0.25) is 5.91 Å². The van der Waals surface area contributed by atoms with Gasteiger partial charge in [0.25, 0.3) is 0 Å². The van der Waals surface area contributed by atoms with Gasteiger partial charge >= 0.3 is 5.97 Å². The van der Waals surface area contributed by atoms with Crippen LogP contribution in [-0.4, -0.2) is 79.3 Å². The first-order valence-corrected chi connectivity index (χ1v) is 11.0. The molecule has 0 saturated carbocycles. The Morgan fingerprint density at radius 3 is 2.28 bits per heavy atom. The molecule has 3 rings (SSSR count). The van der Waals surface area contributed by atoms with E-state index in [9.17, 15) is 9.59 Å². The van der Waals surface area contributed by atoms with Gasteiger partial charge in [0.1, 0.15) is 24.7 Å². The first kappa shape index (κ1) is 23.7. The summed E-state index contributed by atoms with van der Waals surface area (Å²) >= 11 is 0. The molecule has 1 saturated heterocycles. The van der Waals surface area contributed by atoms with E-state index in [1.54, 1.807) is 20.1 Å². The van der Waals surface area contributed by atoms with E-state index >= 15 is 0 Å². The molecular weight excluding hydrogens is 410 g/mol. The van der Waals surface area contributed by atoms with Crippen molar-refractivity contribution in [2.24, 2.45) is 0 Å². The summed E-state index contributed by atoms with van der Waals surface area (Å²) in [5, 5.41) is 0. The maximum Gasteiger partial charge on any atom is 0.339 e. The minimum absolute atomic E-state index is 0.0661. The average Bonchev–Trinajstić information content (AvgIpc) is 3.08. The van der Waals surface area contributed by atoms with Crippen LogP contribution in [0.2, 0.25) is 0 Å². The van der Waals surface area contributed by atoms with Gasteiger partial charge in [0.05, 0.1) is 19.3 Å². The van der Waals surface area contributed by atoms with Gasteiger partial charge in [0.15, 0.2) is 0 Å². The maximum atomic E-state index is 12.9. The molecule has 0 bridgehead atoms. The molecule has 1 aromatic carbocycles. The highest BCUT2D eigenvalue weighted by atomic mass is 16.5. The third-order valence-electron chi connectivity index (χ3n) is 5.82. The molecule has 0 atom stereocenters. The standard InChI is InChI=1S/C24H33N3O5/c1-5-31-24(29)22-16-18(2)27(19(22)3)17-23(28)26-12-10-25(11-13-26)14-15-32-21-8-6-20(30-4)7-9-21/h6-9,16H,5,10-15,17H2,1-4H3. The summed E-state index contributed by atoms with van der Waals surface area (Å²) in [5.41, 5.74) is 2.18. The number of esters is 1. The van der Waals surface area contributed by atoms with Crippen LogP contribution in [-0.2, 0) is 16.1 Å². The van der Waals surface area contributed by atoms with Crippen molar-refractivity contribution in [3.8, 4) is 11.5 Å². The molecular formula is C24H33N3O5. The molecule has 0 unspecified atom stereocenters. The van der Waals surface area contributed by atoms with Crippen molar-refractivity contribution >= 4 is 11.9 Å². The van der Waals surface area contributed by atoms with Crippen molar-refractivity contribution in [2.45, 2.75) is 27.3 Å². The highest BCUT2D eigenvalue weighted by molar-refractivity contribution is 5.91. The number of methoxy groups -OCH3 is 1. The molecule has 2 heterocycles. The van der Waals surface area contributed by atoms with E-state index in [0.717, 1.165) is 42.5 Å². The summed E-state index contributed by atoms with van der Waals surface area (Å²) in [5.74, 6) is 1.35. The summed E-state index contributed by atoms with van der Waals surface area (Å²) in [4.78, 5) is 29.2. The number of rotatable bonds is 9. The normalized spacial score (nSPS) is 14.3. The molecule has 0 N–H and O–H groups in total. The lowest BCUT2D eigenvalue weighted by Crippen LogP contribution is -2.50. The Morgan fingerprint density at radius 1 is 1.00 bits per heavy atom. The van der Waals surface area contributed by atoms with E-state index < -0.39 is 0 Å². The number of carbonyl (C=O) groups is 2. The van der Waals surface area contributed by atoms with E-state index in [4.69, 9.17) is 14.2 Å². The van der Waals surface area contributed by atoms with Gasteiger partial charge in [-0.05, 0) is 51.1 Å². The highest BCUT2D eigenvalue weighted by Gasteiger charge is 2.23. The fourth-order valence-corrected chi connectivity index (χ4v) is 3.88. The fourth-order valence-electron chi connectivity index (χ4n) is 3.88. The largest absolute Gasteiger partial charge is 0.497 e. The molecule has 1 aliphatic heterocycles. The predicted octanol–water partition coefficient (Wildman–Crippen LogP) is 2.51. The molecule has 0 aliphatic carbocycles. The molecule has 1 aliphatic rings. The van der Waals surface area contributed by atoms with Crippen LogP contribution in [0.1, 0.15) is 28.7 Å². The molecule has 0 spiro atoms. The maximum absolute atomic E-state index is 12.9. The minimum Gasteiger partial charge on any atom is -0.497 e. The Hall–Kier alpha value is -3.00. The van der Waals surface area contributed by atoms with Crippen molar-refractivity contribution < 1.29 is 23.8 Å². The predicted molar refractivity (Wildman–Crippen MR) is 121 cm³/mol. The van der Waals surface area contributed by atoms with Gasteiger partial charge in [-0.3, -0.25) is 9.69 Å². The number of aromatic nitrogens is 1. The van der Waals surface area contributed by atoms with Gasteiger partial charge in [-0.1, -0.05) is 0 Å². The zero-order chi connectivity index (χ0) is 23.1. The van der Waals surface area contributed by atoms with Crippen LogP contribution in [0.25, 0.3) is 0 Å². The third kappa shape index (κ3) is 5.82. The zero-order valence-electron chi connectivity index (χ0n) is 19.4. The van der Waals surface area contributed by atoms with Gasteiger partial charge in [-0.2, -0.15) is 0 Å². The average molecular weight is 444 g/mol. The van der Waals surface area contributed by atoms with Crippen molar-refractivity contribution in [2.75, 3.05) is 53.0 Å². The Bertz CT molecular complexity index is 914. The molecule has 8 nitrogen and oxygen atoms in total. The monoisotopic (exact) mass is 443 g/mol. The summed E-state index contributed by atoms with van der Waals surface area (Å²) in [7, 11) is 1.64. The molecule has 1 amide bonds. The van der Waals surface area contributed by atoms with Crippen molar-refractivity contribution in [1.82, 2.24) is 14.4 Å². The minimum atomic E-state index is -0.343. The van der Waals surface area contributed by atoms with Crippen LogP contribution in [0, 0.1) is 13.8 Å². The van der Waals surface area contributed by atoms with Crippen molar-refractivity contribution in [3.63, 3.8) is 0 Å². The smallest absolute Gasteiger partial charge is 0.339 e. The molecule has 1 aromatic heterocycles. The molecule has 1 fully saturated rings. The second kappa shape index (κ2) is 11.0.